The molecular weight excluding hydrogens is 258 g/mol. The van der Waals surface area contributed by atoms with Crippen LogP contribution in [0.15, 0.2) is 36.5 Å². The summed E-state index contributed by atoms with van der Waals surface area (Å²) in [5.41, 5.74) is 7.96. The van der Waals surface area contributed by atoms with E-state index in [2.05, 4.69) is 59.6 Å². The van der Waals surface area contributed by atoms with E-state index >= 15 is 0 Å². The monoisotopic (exact) mass is 274 g/mol. The molecule has 1 aliphatic carbocycles. The zero-order valence-corrected chi connectivity index (χ0v) is 12.2. The quantitative estimate of drug-likeness (QED) is 0.452. The number of benzene rings is 1. The van der Waals surface area contributed by atoms with Crippen LogP contribution in [0.4, 0.5) is 0 Å². The Bertz CT molecular complexity index is 960. The Hall–Kier alpha value is -2.42. The zero-order valence-electron chi connectivity index (χ0n) is 12.2. The second-order valence-corrected chi connectivity index (χ2v) is 6.07. The maximum Gasteiger partial charge on any atom is 0.291 e. The fourth-order valence-corrected chi connectivity index (χ4v) is 3.85. The van der Waals surface area contributed by atoms with Gasteiger partial charge in [-0.15, -0.1) is 0 Å². The number of pyridine rings is 1. The van der Waals surface area contributed by atoms with Gasteiger partial charge in [-0.2, -0.15) is 4.57 Å². The van der Waals surface area contributed by atoms with Gasteiger partial charge in [-0.1, -0.05) is 12.1 Å². The molecule has 0 N–H and O–H groups in total. The number of aromatic nitrogens is 3. The van der Waals surface area contributed by atoms with Crippen LogP contribution in [-0.2, 0) is 19.9 Å². The molecule has 0 saturated heterocycles. The smallest absolute Gasteiger partial charge is 0.236 e. The van der Waals surface area contributed by atoms with E-state index < -0.39 is 0 Å². The Balaban J connectivity index is 1.97. The minimum absolute atomic E-state index is 0.927. The Morgan fingerprint density at radius 2 is 2.10 bits per heavy atom. The molecule has 5 rings (SSSR count). The first-order chi connectivity index (χ1) is 10.2. The van der Waals surface area contributed by atoms with Crippen LogP contribution in [0.1, 0.15) is 29.4 Å². The highest BCUT2D eigenvalue weighted by Crippen LogP contribution is 2.38. The molecule has 21 heavy (non-hydrogen) atoms. The average molecular weight is 274 g/mol. The van der Waals surface area contributed by atoms with Crippen molar-refractivity contribution in [3.63, 3.8) is 0 Å². The summed E-state index contributed by atoms with van der Waals surface area (Å²) in [5.74, 6) is 2.43. The second kappa shape index (κ2) is 3.61. The van der Waals surface area contributed by atoms with Gasteiger partial charge in [0.1, 0.15) is 5.52 Å². The number of fused-ring (bicyclic) bond motifs is 7. The molecule has 2 aromatic heterocycles. The summed E-state index contributed by atoms with van der Waals surface area (Å²) >= 11 is 0. The van der Waals surface area contributed by atoms with E-state index in [1.54, 1.807) is 0 Å². The highest BCUT2D eigenvalue weighted by Gasteiger charge is 2.34. The van der Waals surface area contributed by atoms with Crippen LogP contribution in [-0.4, -0.2) is 9.55 Å². The summed E-state index contributed by atoms with van der Waals surface area (Å²) < 4.78 is 4.58. The van der Waals surface area contributed by atoms with Crippen molar-refractivity contribution in [1.82, 2.24) is 9.55 Å². The van der Waals surface area contributed by atoms with E-state index in [9.17, 15) is 0 Å². The molecule has 1 aliphatic heterocycles. The summed E-state index contributed by atoms with van der Waals surface area (Å²) in [5, 5.41) is 0. The molecule has 3 aromatic rings. The van der Waals surface area contributed by atoms with Crippen LogP contribution >= 0.6 is 0 Å². The predicted octanol–water partition coefficient (Wildman–Crippen LogP) is 2.71. The van der Waals surface area contributed by atoms with E-state index in [-0.39, 0.29) is 0 Å². The number of imidazole rings is 1. The first-order valence-corrected chi connectivity index (χ1v) is 7.42. The van der Waals surface area contributed by atoms with Crippen molar-refractivity contribution in [2.24, 2.45) is 7.05 Å². The predicted molar refractivity (Wildman–Crippen MR) is 82.4 cm³/mol. The van der Waals surface area contributed by atoms with Crippen molar-refractivity contribution in [1.29, 1.82) is 0 Å². The molecule has 0 radical (unpaired) electrons. The molecule has 3 heterocycles. The molecule has 102 valence electrons. The van der Waals surface area contributed by atoms with Gasteiger partial charge in [0.05, 0.1) is 25.2 Å². The molecular formula is C18H16N3+. The van der Waals surface area contributed by atoms with Crippen molar-refractivity contribution in [2.75, 3.05) is 0 Å². The van der Waals surface area contributed by atoms with Gasteiger partial charge in [0.25, 0.3) is 5.82 Å². The number of nitrogens with zero attached hydrogens (tertiary/aromatic N) is 3. The van der Waals surface area contributed by atoms with Crippen molar-refractivity contribution in [3.8, 4) is 5.82 Å². The lowest BCUT2D eigenvalue weighted by atomic mass is 10.0. The van der Waals surface area contributed by atoms with E-state index in [1.165, 1.54) is 33.6 Å². The van der Waals surface area contributed by atoms with Crippen molar-refractivity contribution in [3.05, 3.63) is 59.1 Å². The number of hydrogen-bond acceptors (Lipinski definition) is 1. The first-order valence-electron chi connectivity index (χ1n) is 7.42. The molecule has 0 atom stereocenters. The number of hydrogen-bond donors (Lipinski definition) is 0. The number of aryl methyl sites for hydroxylation is 1. The lowest BCUT2D eigenvalue weighted by Gasteiger charge is -2.05. The van der Waals surface area contributed by atoms with Crippen molar-refractivity contribution >= 4 is 16.6 Å². The third-order valence-corrected chi connectivity index (χ3v) is 4.79. The fourth-order valence-electron chi connectivity index (χ4n) is 3.85. The third kappa shape index (κ3) is 1.29. The van der Waals surface area contributed by atoms with Gasteiger partial charge in [-0.25, -0.2) is 9.55 Å². The third-order valence-electron chi connectivity index (χ3n) is 4.79. The highest BCUT2D eigenvalue weighted by atomic mass is 15.2. The Morgan fingerprint density at radius 1 is 1.19 bits per heavy atom. The van der Waals surface area contributed by atoms with Crippen LogP contribution in [0, 0.1) is 0 Å². The Kier molecular flexibility index (Phi) is 1.94. The lowest BCUT2D eigenvalue weighted by molar-refractivity contribution is -0.665. The largest absolute Gasteiger partial charge is 0.291 e. The highest BCUT2D eigenvalue weighted by molar-refractivity contribution is 5.94. The van der Waals surface area contributed by atoms with Crippen LogP contribution < -0.4 is 4.57 Å². The van der Waals surface area contributed by atoms with Gasteiger partial charge < -0.3 is 0 Å². The number of rotatable bonds is 0. The normalized spacial score (nSPS) is 15.0. The topological polar surface area (TPSA) is 21.7 Å². The van der Waals surface area contributed by atoms with Crippen LogP contribution in [0.5, 0.6) is 0 Å². The van der Waals surface area contributed by atoms with E-state index in [0.29, 0.717) is 0 Å². The Labute approximate surface area is 123 Å². The zero-order chi connectivity index (χ0) is 14.1. The molecule has 3 nitrogen and oxygen atoms in total. The fraction of sp³-hybridized carbons (Fsp3) is 0.222. The summed E-state index contributed by atoms with van der Waals surface area (Å²) in [4.78, 5) is 4.88. The molecule has 0 amide bonds. The molecule has 0 bridgehead atoms. The van der Waals surface area contributed by atoms with E-state index in [4.69, 9.17) is 4.98 Å². The van der Waals surface area contributed by atoms with Gasteiger partial charge in [0, 0.05) is 5.56 Å². The summed E-state index contributed by atoms with van der Waals surface area (Å²) in [6.45, 7) is 2.21. The second-order valence-electron chi connectivity index (χ2n) is 6.07. The maximum absolute atomic E-state index is 4.88. The van der Waals surface area contributed by atoms with Crippen molar-refractivity contribution < 1.29 is 4.57 Å². The minimum atomic E-state index is 0.927. The van der Waals surface area contributed by atoms with Gasteiger partial charge in [-0.3, -0.25) is 0 Å². The van der Waals surface area contributed by atoms with Gasteiger partial charge in [0.15, 0.2) is 5.52 Å². The van der Waals surface area contributed by atoms with Gasteiger partial charge >= 0.3 is 0 Å². The standard InChI is InChI=1S/C18H16N3/c1-11-5-6-12-7-8-14-17(16(11)12)21-15(19-14)10-13-4-3-9-20(2)18(13)21/h3-5,7-9H,6,10H2,1-2H3/q+1. The molecule has 0 spiro atoms. The molecule has 3 heteroatoms. The van der Waals surface area contributed by atoms with Crippen molar-refractivity contribution in [2.45, 2.75) is 19.8 Å². The summed E-state index contributed by atoms with van der Waals surface area (Å²) in [7, 11) is 2.12. The van der Waals surface area contributed by atoms with E-state index in [1.807, 2.05) is 0 Å². The Morgan fingerprint density at radius 3 is 3.00 bits per heavy atom. The molecule has 2 aliphatic rings. The first kappa shape index (κ1) is 11.3. The average Bonchev–Trinajstić information content (AvgIpc) is 3.10. The molecule has 0 saturated carbocycles. The maximum atomic E-state index is 4.88. The van der Waals surface area contributed by atoms with Crippen LogP contribution in [0.2, 0.25) is 0 Å². The van der Waals surface area contributed by atoms with Gasteiger partial charge in [-0.05, 0) is 42.7 Å². The lowest BCUT2D eigenvalue weighted by Crippen LogP contribution is -2.33. The summed E-state index contributed by atoms with van der Waals surface area (Å²) in [6, 6.07) is 8.73. The molecule has 0 fully saturated rings. The molecule has 1 aromatic carbocycles. The van der Waals surface area contributed by atoms with Crippen LogP contribution in [0.3, 0.4) is 0 Å². The minimum Gasteiger partial charge on any atom is -0.236 e. The van der Waals surface area contributed by atoms with E-state index in [0.717, 1.165) is 24.2 Å². The summed E-state index contributed by atoms with van der Waals surface area (Å²) in [6.07, 6.45) is 6.41. The van der Waals surface area contributed by atoms with Crippen LogP contribution in [0.25, 0.3) is 22.4 Å². The number of allylic oxidation sites excluding steroid dienone is 2. The SMILES string of the molecule is CC1=CCc2ccc3nc4n(c3c21)-c1c(ccc[n+]1C)C4. The molecule has 0 unspecified atom stereocenters. The van der Waals surface area contributed by atoms with Gasteiger partial charge in [0.2, 0.25) is 5.82 Å².